The molecule has 0 saturated carbocycles. The van der Waals surface area contributed by atoms with Crippen molar-refractivity contribution in [2.24, 2.45) is 0 Å². The number of hydrogen-bond donors (Lipinski definition) is 1. The van der Waals surface area contributed by atoms with Crippen molar-refractivity contribution in [1.82, 2.24) is 0 Å². The monoisotopic (exact) mass is 395 g/mol. The van der Waals surface area contributed by atoms with Gasteiger partial charge < -0.3 is 24.0 Å². The van der Waals surface area contributed by atoms with Gasteiger partial charge in [0.05, 0.1) is 38.9 Å². The summed E-state index contributed by atoms with van der Waals surface area (Å²) in [6.45, 7) is 4.08. The second-order valence-corrected chi connectivity index (χ2v) is 6.99. The maximum absolute atomic E-state index is 12.9. The second-order valence-electron chi connectivity index (χ2n) is 6.99. The van der Waals surface area contributed by atoms with Crippen molar-refractivity contribution in [2.75, 3.05) is 45.0 Å². The Hall–Kier alpha value is -2.61. The summed E-state index contributed by atoms with van der Waals surface area (Å²) in [5.74, 6) is 1.99. The van der Waals surface area contributed by atoms with Crippen molar-refractivity contribution in [3.05, 3.63) is 47.5 Å². The third kappa shape index (κ3) is 3.82. The number of halogens is 3. The molecule has 0 unspecified atom stereocenters. The van der Waals surface area contributed by atoms with Crippen molar-refractivity contribution < 1.29 is 32.3 Å². The van der Waals surface area contributed by atoms with Crippen LogP contribution in [0.15, 0.2) is 36.4 Å². The fraction of sp³-hybridized carbons (Fsp3) is 0.400. The Bertz CT molecular complexity index is 849. The Morgan fingerprint density at radius 1 is 1.11 bits per heavy atom. The van der Waals surface area contributed by atoms with Crippen LogP contribution < -0.4 is 24.0 Å². The number of anilines is 1. The summed E-state index contributed by atoms with van der Waals surface area (Å²) in [5, 5.41) is 0. The smallest absolute Gasteiger partial charge is 0.416 e. The number of ether oxygens (including phenoxy) is 3. The largest absolute Gasteiger partial charge is 0.493 e. The second kappa shape index (κ2) is 7.43. The van der Waals surface area contributed by atoms with E-state index < -0.39 is 11.7 Å². The molecule has 2 aromatic rings. The third-order valence-corrected chi connectivity index (χ3v) is 5.18. The highest BCUT2D eigenvalue weighted by molar-refractivity contribution is 5.55. The lowest BCUT2D eigenvalue weighted by Crippen LogP contribution is -3.13. The molecule has 1 saturated heterocycles. The van der Waals surface area contributed by atoms with Gasteiger partial charge in [-0.25, -0.2) is 0 Å². The molecular weight excluding hydrogens is 373 g/mol. The maximum atomic E-state index is 12.9. The van der Waals surface area contributed by atoms with Crippen LogP contribution in [0.3, 0.4) is 0 Å². The number of nitrogens with one attached hydrogen (secondary N) is 1. The van der Waals surface area contributed by atoms with Crippen molar-refractivity contribution in [3.8, 4) is 17.2 Å². The molecule has 2 aromatic carbocycles. The van der Waals surface area contributed by atoms with E-state index in [-0.39, 0.29) is 6.79 Å². The van der Waals surface area contributed by atoms with Gasteiger partial charge in [-0.05, 0) is 30.3 Å². The Morgan fingerprint density at radius 2 is 1.89 bits per heavy atom. The summed E-state index contributed by atoms with van der Waals surface area (Å²) in [6.07, 6.45) is -4.32. The zero-order valence-electron chi connectivity index (χ0n) is 15.5. The zero-order valence-corrected chi connectivity index (χ0v) is 15.5. The lowest BCUT2D eigenvalue weighted by molar-refractivity contribution is -0.914. The Labute approximate surface area is 161 Å². The van der Waals surface area contributed by atoms with Gasteiger partial charge in [0.1, 0.15) is 6.54 Å². The molecule has 2 heterocycles. The SMILES string of the molecule is COc1cc(C[NH+]2CCN(c3cccc(C(F)(F)F)c3)CC2)cc2c1OCO2. The number of alkyl halides is 3. The minimum atomic E-state index is -4.32. The first kappa shape index (κ1) is 18.7. The number of fused-ring (bicyclic) bond motifs is 1. The van der Waals surface area contributed by atoms with E-state index in [1.54, 1.807) is 13.2 Å². The van der Waals surface area contributed by atoms with E-state index in [0.29, 0.717) is 36.0 Å². The van der Waals surface area contributed by atoms with Crippen LogP contribution in [0.5, 0.6) is 17.2 Å². The van der Waals surface area contributed by atoms with Crippen LogP contribution in [-0.2, 0) is 12.7 Å². The molecule has 0 bridgehead atoms. The Balaban J connectivity index is 1.40. The molecule has 4 rings (SSSR count). The van der Waals surface area contributed by atoms with E-state index in [1.807, 2.05) is 17.0 Å². The highest BCUT2D eigenvalue weighted by atomic mass is 19.4. The summed E-state index contributed by atoms with van der Waals surface area (Å²) in [5.41, 5.74) is 1.11. The van der Waals surface area contributed by atoms with Crippen molar-refractivity contribution in [2.45, 2.75) is 12.7 Å². The molecule has 5 nitrogen and oxygen atoms in total. The number of benzene rings is 2. The van der Waals surface area contributed by atoms with Gasteiger partial charge in [-0.2, -0.15) is 13.2 Å². The molecule has 0 aliphatic carbocycles. The van der Waals surface area contributed by atoms with E-state index in [0.717, 1.165) is 31.3 Å². The average molecular weight is 395 g/mol. The summed E-state index contributed by atoms with van der Waals surface area (Å²) in [4.78, 5) is 3.38. The molecule has 0 aromatic heterocycles. The van der Waals surface area contributed by atoms with Gasteiger partial charge in [0.25, 0.3) is 0 Å². The van der Waals surface area contributed by atoms with Crippen LogP contribution in [-0.4, -0.2) is 40.1 Å². The molecule has 1 fully saturated rings. The minimum Gasteiger partial charge on any atom is -0.493 e. The van der Waals surface area contributed by atoms with E-state index in [4.69, 9.17) is 14.2 Å². The number of nitrogens with zero attached hydrogens (tertiary/aromatic N) is 1. The van der Waals surface area contributed by atoms with E-state index in [2.05, 4.69) is 0 Å². The fourth-order valence-corrected chi connectivity index (χ4v) is 3.71. The molecule has 1 N–H and O–H groups in total. The summed E-state index contributed by atoms with van der Waals surface area (Å²) in [7, 11) is 1.60. The lowest BCUT2D eigenvalue weighted by atomic mass is 10.1. The normalized spacial score (nSPS) is 17.1. The zero-order chi connectivity index (χ0) is 19.7. The highest BCUT2D eigenvalue weighted by Crippen LogP contribution is 2.41. The third-order valence-electron chi connectivity index (χ3n) is 5.18. The predicted molar refractivity (Wildman–Crippen MR) is 97.2 cm³/mol. The Morgan fingerprint density at radius 3 is 2.61 bits per heavy atom. The molecule has 2 aliphatic rings. The molecule has 8 heteroatoms. The van der Waals surface area contributed by atoms with Crippen LogP contribution in [0, 0.1) is 0 Å². The number of methoxy groups -OCH3 is 1. The molecule has 0 amide bonds. The van der Waals surface area contributed by atoms with Gasteiger partial charge in [-0.3, -0.25) is 0 Å². The van der Waals surface area contributed by atoms with Gasteiger partial charge in [0, 0.05) is 11.3 Å². The fourth-order valence-electron chi connectivity index (χ4n) is 3.71. The number of piperazine rings is 1. The van der Waals surface area contributed by atoms with Gasteiger partial charge in [-0.1, -0.05) is 6.07 Å². The molecule has 0 radical (unpaired) electrons. The van der Waals surface area contributed by atoms with E-state index in [9.17, 15) is 13.2 Å². The lowest BCUT2D eigenvalue weighted by Gasteiger charge is -2.34. The van der Waals surface area contributed by atoms with Crippen LogP contribution in [0.25, 0.3) is 0 Å². The quantitative estimate of drug-likeness (QED) is 0.862. The van der Waals surface area contributed by atoms with Crippen LogP contribution in [0.1, 0.15) is 11.1 Å². The summed E-state index contributed by atoms with van der Waals surface area (Å²) < 4.78 is 55.1. The molecule has 0 atom stereocenters. The van der Waals surface area contributed by atoms with Crippen LogP contribution >= 0.6 is 0 Å². The van der Waals surface area contributed by atoms with Gasteiger partial charge in [-0.15, -0.1) is 0 Å². The van der Waals surface area contributed by atoms with Crippen LogP contribution in [0.4, 0.5) is 18.9 Å². The number of hydrogen-bond acceptors (Lipinski definition) is 4. The molecule has 2 aliphatic heterocycles. The molecule has 0 spiro atoms. The first-order valence-electron chi connectivity index (χ1n) is 9.16. The van der Waals surface area contributed by atoms with Crippen molar-refractivity contribution in [1.29, 1.82) is 0 Å². The van der Waals surface area contributed by atoms with Gasteiger partial charge >= 0.3 is 6.18 Å². The van der Waals surface area contributed by atoms with E-state index >= 15 is 0 Å². The number of quaternary nitrogens is 1. The first-order chi connectivity index (χ1) is 13.4. The predicted octanol–water partition coefficient (Wildman–Crippen LogP) is 2.35. The molecule has 150 valence electrons. The van der Waals surface area contributed by atoms with Gasteiger partial charge in [0.15, 0.2) is 11.5 Å². The Kier molecular flexibility index (Phi) is 4.97. The summed E-state index contributed by atoms with van der Waals surface area (Å²) in [6, 6.07) is 9.47. The molecular formula is C20H22F3N2O3+. The minimum absolute atomic E-state index is 0.192. The highest BCUT2D eigenvalue weighted by Gasteiger charge is 2.31. The van der Waals surface area contributed by atoms with Crippen LogP contribution in [0.2, 0.25) is 0 Å². The van der Waals surface area contributed by atoms with Gasteiger partial charge in [0.2, 0.25) is 12.5 Å². The topological polar surface area (TPSA) is 35.4 Å². The average Bonchev–Trinajstić information content (AvgIpc) is 3.16. The number of rotatable bonds is 4. The summed E-state index contributed by atoms with van der Waals surface area (Å²) >= 11 is 0. The van der Waals surface area contributed by atoms with E-state index in [1.165, 1.54) is 17.0 Å². The molecule has 28 heavy (non-hydrogen) atoms. The van der Waals surface area contributed by atoms with Crippen molar-refractivity contribution >= 4 is 5.69 Å². The first-order valence-corrected chi connectivity index (χ1v) is 9.16. The standard InChI is InChI=1S/C20H21F3N2O3/c1-26-17-9-14(10-18-19(17)28-13-27-18)12-24-5-7-25(8-6-24)16-4-2-3-15(11-16)20(21,22)23/h2-4,9-11H,5-8,12-13H2,1H3/p+1. The van der Waals surface area contributed by atoms with Crippen molar-refractivity contribution in [3.63, 3.8) is 0 Å². The maximum Gasteiger partial charge on any atom is 0.416 e.